The van der Waals surface area contributed by atoms with Crippen molar-refractivity contribution in [3.63, 3.8) is 0 Å². The zero-order valence-electron chi connectivity index (χ0n) is 7.10. The highest BCUT2D eigenvalue weighted by Crippen LogP contribution is 2.23. The lowest BCUT2D eigenvalue weighted by Crippen LogP contribution is -2.02. The molecule has 0 saturated heterocycles. The van der Waals surface area contributed by atoms with E-state index in [1.165, 1.54) is 0 Å². The van der Waals surface area contributed by atoms with Crippen LogP contribution in [0.25, 0.3) is 10.9 Å². The molecule has 0 radical (unpaired) electrons. The van der Waals surface area contributed by atoms with Crippen molar-refractivity contribution in [1.82, 2.24) is 4.98 Å². The Labute approximate surface area is 83.7 Å². The number of hydrogen-bond donors (Lipinski definition) is 1. The maximum atomic E-state index is 11.0. The smallest absolute Gasteiger partial charge is 0.248 e. The van der Waals surface area contributed by atoms with Crippen LogP contribution in [0.5, 0.6) is 0 Å². The molecule has 0 bridgehead atoms. The van der Waals surface area contributed by atoms with Gasteiger partial charge in [-0.1, -0.05) is 15.9 Å². The molecule has 1 aromatic carbocycles. The van der Waals surface area contributed by atoms with Gasteiger partial charge in [-0.15, -0.1) is 0 Å². The van der Waals surface area contributed by atoms with Gasteiger partial charge in [0.05, 0.1) is 0 Å². The minimum Gasteiger partial charge on any atom is -0.322 e. The van der Waals surface area contributed by atoms with Crippen molar-refractivity contribution in [3.05, 3.63) is 44.7 Å². The second-order valence-electron chi connectivity index (χ2n) is 2.96. The molecule has 1 N–H and O–H groups in total. The maximum absolute atomic E-state index is 11.0. The van der Waals surface area contributed by atoms with Crippen LogP contribution in [0.4, 0.5) is 0 Å². The lowest BCUT2D eigenvalue weighted by atomic mass is 10.1. The number of nitrogens with one attached hydrogen (secondary N) is 1. The molecule has 13 heavy (non-hydrogen) atoms. The number of halogens is 1. The molecule has 0 aliphatic carbocycles. The van der Waals surface area contributed by atoms with Gasteiger partial charge in [-0.2, -0.15) is 0 Å². The standard InChI is InChI=1S/C10H8BrNO/c1-6-7-2-5-10(13)12-9(7)4-3-8(6)11/h2-5H,1H3,(H,12,13). The van der Waals surface area contributed by atoms with E-state index in [1.54, 1.807) is 6.07 Å². The van der Waals surface area contributed by atoms with Crippen molar-refractivity contribution in [3.8, 4) is 0 Å². The van der Waals surface area contributed by atoms with Gasteiger partial charge in [-0.25, -0.2) is 0 Å². The molecule has 66 valence electrons. The SMILES string of the molecule is Cc1c(Br)ccc2[nH]c(=O)ccc12. The minimum atomic E-state index is -0.0609. The van der Waals surface area contributed by atoms with Gasteiger partial charge in [0, 0.05) is 21.4 Å². The van der Waals surface area contributed by atoms with Crippen molar-refractivity contribution in [2.75, 3.05) is 0 Å². The van der Waals surface area contributed by atoms with Gasteiger partial charge in [-0.3, -0.25) is 4.79 Å². The zero-order valence-corrected chi connectivity index (χ0v) is 8.68. The first-order valence-corrected chi connectivity index (χ1v) is 4.76. The Morgan fingerprint density at radius 3 is 2.77 bits per heavy atom. The number of hydrogen-bond acceptors (Lipinski definition) is 1. The largest absolute Gasteiger partial charge is 0.322 e. The first-order valence-electron chi connectivity index (χ1n) is 3.96. The average Bonchev–Trinajstić information content (AvgIpc) is 2.12. The molecule has 0 fully saturated rings. The Balaban J connectivity index is 2.95. The van der Waals surface area contributed by atoms with Crippen LogP contribution in [0.15, 0.2) is 33.5 Å². The summed E-state index contributed by atoms with van der Waals surface area (Å²) in [5.74, 6) is 0. The number of aromatic amines is 1. The third kappa shape index (κ3) is 1.40. The molecule has 0 spiro atoms. The quantitative estimate of drug-likeness (QED) is 0.751. The van der Waals surface area contributed by atoms with Gasteiger partial charge < -0.3 is 4.98 Å². The second kappa shape index (κ2) is 3.00. The van der Waals surface area contributed by atoms with Gasteiger partial charge in [-0.05, 0) is 30.7 Å². The lowest BCUT2D eigenvalue weighted by Gasteiger charge is -2.02. The first kappa shape index (κ1) is 8.51. The number of aryl methyl sites for hydroxylation is 1. The summed E-state index contributed by atoms with van der Waals surface area (Å²) in [6.07, 6.45) is 0. The minimum absolute atomic E-state index is 0.0609. The average molecular weight is 238 g/mol. The summed E-state index contributed by atoms with van der Waals surface area (Å²) in [6, 6.07) is 7.22. The summed E-state index contributed by atoms with van der Waals surface area (Å²) in [5.41, 5.74) is 1.97. The Hall–Kier alpha value is -1.09. The van der Waals surface area contributed by atoms with Gasteiger partial charge >= 0.3 is 0 Å². The van der Waals surface area contributed by atoms with Crippen molar-refractivity contribution in [2.45, 2.75) is 6.92 Å². The Morgan fingerprint density at radius 1 is 1.23 bits per heavy atom. The predicted molar refractivity (Wildman–Crippen MR) is 57.0 cm³/mol. The molecule has 0 saturated carbocycles. The summed E-state index contributed by atoms with van der Waals surface area (Å²) in [4.78, 5) is 13.8. The summed E-state index contributed by atoms with van der Waals surface area (Å²) >= 11 is 3.44. The van der Waals surface area contributed by atoms with E-state index in [2.05, 4.69) is 20.9 Å². The molecule has 0 amide bonds. The number of pyridine rings is 1. The van der Waals surface area contributed by atoms with Crippen molar-refractivity contribution < 1.29 is 0 Å². The number of H-pyrrole nitrogens is 1. The van der Waals surface area contributed by atoms with Crippen LogP contribution in [0.2, 0.25) is 0 Å². The van der Waals surface area contributed by atoms with E-state index in [0.29, 0.717) is 0 Å². The molecular formula is C10H8BrNO. The molecule has 1 aromatic heterocycles. The molecular weight excluding hydrogens is 230 g/mol. The fraction of sp³-hybridized carbons (Fsp3) is 0.100. The number of aromatic nitrogens is 1. The normalized spacial score (nSPS) is 10.6. The topological polar surface area (TPSA) is 32.9 Å². The predicted octanol–water partition coefficient (Wildman–Crippen LogP) is 2.60. The lowest BCUT2D eigenvalue weighted by molar-refractivity contribution is 1.29. The molecule has 2 nitrogen and oxygen atoms in total. The van der Waals surface area contributed by atoms with Gasteiger partial charge in [0.15, 0.2) is 0 Å². The fourth-order valence-electron chi connectivity index (χ4n) is 1.36. The highest BCUT2D eigenvalue weighted by atomic mass is 79.9. The highest BCUT2D eigenvalue weighted by molar-refractivity contribution is 9.10. The highest BCUT2D eigenvalue weighted by Gasteiger charge is 2.00. The Bertz CT molecular complexity index is 516. The number of benzene rings is 1. The molecule has 2 rings (SSSR count). The van der Waals surface area contributed by atoms with E-state index in [-0.39, 0.29) is 5.56 Å². The van der Waals surface area contributed by atoms with E-state index in [9.17, 15) is 4.79 Å². The van der Waals surface area contributed by atoms with Crippen molar-refractivity contribution >= 4 is 26.8 Å². The van der Waals surface area contributed by atoms with Crippen LogP contribution in [-0.4, -0.2) is 4.98 Å². The zero-order chi connectivity index (χ0) is 9.42. The first-order chi connectivity index (χ1) is 6.18. The van der Waals surface area contributed by atoms with Gasteiger partial charge in [0.25, 0.3) is 0 Å². The van der Waals surface area contributed by atoms with Crippen molar-refractivity contribution in [2.24, 2.45) is 0 Å². The molecule has 0 atom stereocenters. The van der Waals surface area contributed by atoms with Gasteiger partial charge in [0.2, 0.25) is 5.56 Å². The third-order valence-corrected chi connectivity index (χ3v) is 2.97. The van der Waals surface area contributed by atoms with E-state index in [0.717, 1.165) is 20.9 Å². The molecule has 0 aliphatic rings. The van der Waals surface area contributed by atoms with Crippen LogP contribution in [0.1, 0.15) is 5.56 Å². The van der Waals surface area contributed by atoms with E-state index in [1.807, 2.05) is 25.1 Å². The Morgan fingerprint density at radius 2 is 2.00 bits per heavy atom. The van der Waals surface area contributed by atoms with E-state index in [4.69, 9.17) is 0 Å². The summed E-state index contributed by atoms with van der Waals surface area (Å²) in [6.45, 7) is 2.02. The van der Waals surface area contributed by atoms with E-state index >= 15 is 0 Å². The third-order valence-electron chi connectivity index (χ3n) is 2.11. The van der Waals surface area contributed by atoms with Crippen molar-refractivity contribution in [1.29, 1.82) is 0 Å². The van der Waals surface area contributed by atoms with Crippen LogP contribution in [0, 0.1) is 6.92 Å². The Kier molecular flexibility index (Phi) is 1.96. The number of rotatable bonds is 0. The molecule has 0 aliphatic heterocycles. The monoisotopic (exact) mass is 237 g/mol. The van der Waals surface area contributed by atoms with Crippen LogP contribution in [-0.2, 0) is 0 Å². The molecule has 1 heterocycles. The van der Waals surface area contributed by atoms with Crippen LogP contribution < -0.4 is 5.56 Å². The van der Waals surface area contributed by atoms with Crippen LogP contribution >= 0.6 is 15.9 Å². The molecule has 0 unspecified atom stereocenters. The second-order valence-corrected chi connectivity index (χ2v) is 3.81. The van der Waals surface area contributed by atoms with Gasteiger partial charge in [0.1, 0.15) is 0 Å². The van der Waals surface area contributed by atoms with Crippen LogP contribution in [0.3, 0.4) is 0 Å². The summed E-state index contributed by atoms with van der Waals surface area (Å²) < 4.78 is 1.06. The summed E-state index contributed by atoms with van der Waals surface area (Å²) in [7, 11) is 0. The molecule has 3 heteroatoms. The maximum Gasteiger partial charge on any atom is 0.248 e. The summed E-state index contributed by atoms with van der Waals surface area (Å²) in [5, 5.41) is 1.08. The fourth-order valence-corrected chi connectivity index (χ4v) is 1.70. The van der Waals surface area contributed by atoms with E-state index < -0.39 is 0 Å². The number of fused-ring (bicyclic) bond motifs is 1. The molecule has 2 aromatic rings.